The number of ether oxygens (including phenoxy) is 2. The zero-order chi connectivity index (χ0) is 43.9. The third-order valence-corrected chi connectivity index (χ3v) is 12.0. The highest BCUT2D eigenvalue weighted by Crippen LogP contribution is 2.37. The molecule has 16 nitrogen and oxygen atoms in total. The zero-order valence-electron chi connectivity index (χ0n) is 36.5. The monoisotopic (exact) mass is 876 g/mol. The number of fused-ring (bicyclic) bond motifs is 2. The van der Waals surface area contributed by atoms with Gasteiger partial charge in [-0.2, -0.15) is 10.2 Å². The fourth-order valence-electron chi connectivity index (χ4n) is 7.75. The highest BCUT2D eigenvalue weighted by atomic mass is 35.5. The quantitative estimate of drug-likeness (QED) is 0.0917. The minimum Gasteiger partial charge on any atom is -0.492 e. The maximum Gasteiger partial charge on any atom is 0.275 e. The number of nitrogens with one attached hydrogen (secondary N) is 3. The number of nitrogens with zero attached hydrogens (tertiary/aromatic N) is 9. The molecule has 0 atom stereocenters. The highest BCUT2D eigenvalue weighted by Gasteiger charge is 2.31. The Bertz CT molecular complexity index is 2490. The van der Waals surface area contributed by atoms with E-state index in [0.29, 0.717) is 36.1 Å². The van der Waals surface area contributed by atoms with Crippen LogP contribution in [0, 0.1) is 23.7 Å². The predicted molar refractivity (Wildman–Crippen MR) is 245 cm³/mol. The van der Waals surface area contributed by atoms with Gasteiger partial charge in [-0.05, 0) is 75.6 Å². The Morgan fingerprint density at radius 2 is 1.16 bits per heavy atom. The van der Waals surface area contributed by atoms with Crippen LogP contribution in [0.2, 0.25) is 5.15 Å². The standard InChI is InChI=1S/C23H28N6O2.C15H14ClN5O2.C8H15N/c1-3-31-21-9-18-17(14-28(2)27-18)8-19(21)26-23(30)20-10-25-22(11-24-20)29-12-16(13-29)7-6-15-4-5-15;1-3-23-13-5-10-9(8-21(2)20-10)4-11(13)19-15(22)12-6-18-14(16)7-17-12;1-2-7(1)3-4-8-5-9-6-8/h8-11,14-16H,3-7,12-13H2,1-2H3,(H,26,30);4-8H,3H2,1-2H3,(H,19,22);7-9H,1-6H2. The Morgan fingerprint density at radius 3 is 1.59 bits per heavy atom. The van der Waals surface area contributed by atoms with Gasteiger partial charge >= 0.3 is 0 Å². The van der Waals surface area contributed by atoms with Crippen molar-refractivity contribution in [2.75, 3.05) is 54.9 Å². The average Bonchev–Trinajstić information content (AvgIpc) is 4.17. The van der Waals surface area contributed by atoms with Crippen molar-refractivity contribution in [2.45, 2.75) is 65.2 Å². The molecule has 2 amide bonds. The number of aromatic nitrogens is 8. The van der Waals surface area contributed by atoms with Crippen LogP contribution in [0.5, 0.6) is 11.5 Å². The molecule has 3 N–H and O–H groups in total. The number of hydrogen-bond donors (Lipinski definition) is 3. The lowest BCUT2D eigenvalue weighted by molar-refractivity contribution is 0.101. The molecule has 2 aromatic carbocycles. The summed E-state index contributed by atoms with van der Waals surface area (Å²) in [5, 5.41) is 19.8. The molecule has 0 radical (unpaired) electrons. The Morgan fingerprint density at radius 1 is 0.667 bits per heavy atom. The summed E-state index contributed by atoms with van der Waals surface area (Å²) >= 11 is 5.68. The van der Waals surface area contributed by atoms with E-state index in [1.54, 1.807) is 27.8 Å². The first-order valence-electron chi connectivity index (χ1n) is 22.2. The third kappa shape index (κ3) is 11.8. The number of amides is 2. The average molecular weight is 877 g/mol. The van der Waals surface area contributed by atoms with Crippen LogP contribution in [0.1, 0.15) is 86.2 Å². The van der Waals surface area contributed by atoms with Gasteiger partial charge in [0.2, 0.25) is 0 Å². The van der Waals surface area contributed by atoms with E-state index < -0.39 is 5.91 Å². The van der Waals surface area contributed by atoms with E-state index in [2.05, 4.69) is 51.0 Å². The van der Waals surface area contributed by atoms with Gasteiger partial charge in [-0.1, -0.05) is 50.1 Å². The maximum atomic E-state index is 12.8. The summed E-state index contributed by atoms with van der Waals surface area (Å²) in [6, 6.07) is 7.32. The predicted octanol–water partition coefficient (Wildman–Crippen LogP) is 7.70. The number of anilines is 3. The molecule has 6 aromatic rings. The minimum atomic E-state index is -0.390. The smallest absolute Gasteiger partial charge is 0.275 e. The van der Waals surface area contributed by atoms with Crippen LogP contribution in [0.15, 0.2) is 61.4 Å². The molecule has 6 heterocycles. The molecule has 4 fully saturated rings. The third-order valence-electron chi connectivity index (χ3n) is 11.8. The molecule has 0 bridgehead atoms. The van der Waals surface area contributed by atoms with Gasteiger partial charge in [0.1, 0.15) is 33.9 Å². The first kappa shape index (κ1) is 43.8. The van der Waals surface area contributed by atoms with Crippen molar-refractivity contribution in [2.24, 2.45) is 37.8 Å². The van der Waals surface area contributed by atoms with Gasteiger partial charge < -0.3 is 30.3 Å². The van der Waals surface area contributed by atoms with E-state index in [9.17, 15) is 9.59 Å². The number of hydrogen-bond acceptors (Lipinski definition) is 12. The molecule has 17 heteroatoms. The number of rotatable bonds is 15. The summed E-state index contributed by atoms with van der Waals surface area (Å²) in [4.78, 5) is 43.9. The highest BCUT2D eigenvalue weighted by molar-refractivity contribution is 6.29. The molecule has 4 aromatic heterocycles. The summed E-state index contributed by atoms with van der Waals surface area (Å²) in [5.74, 6) is 5.23. The molecule has 332 valence electrons. The van der Waals surface area contributed by atoms with E-state index in [1.165, 1.54) is 76.8 Å². The summed E-state index contributed by atoms with van der Waals surface area (Å²) < 4.78 is 14.7. The molecule has 2 saturated heterocycles. The number of aryl methyl sites for hydroxylation is 2. The SMILES string of the molecule is C1CC1CCC1CNC1.CCOc1cc2nn(C)cc2cc1NC(=O)c1cnc(Cl)cn1.CCOc1cc2nn(C)cc2cc1NC(=O)c1cnc(N2CC(CCC3CC3)C2)cn1. The van der Waals surface area contributed by atoms with Gasteiger partial charge in [-0.15, -0.1) is 0 Å². The van der Waals surface area contributed by atoms with E-state index in [0.717, 1.165) is 64.4 Å². The largest absolute Gasteiger partial charge is 0.492 e. The molecule has 4 aliphatic rings. The fraction of sp³-hybridized carbons (Fsp3) is 0.478. The second-order valence-electron chi connectivity index (χ2n) is 17.0. The van der Waals surface area contributed by atoms with Crippen LogP contribution < -0.4 is 30.3 Å². The van der Waals surface area contributed by atoms with E-state index in [4.69, 9.17) is 21.1 Å². The van der Waals surface area contributed by atoms with E-state index >= 15 is 0 Å². The van der Waals surface area contributed by atoms with Gasteiger partial charge in [0.05, 0.1) is 60.4 Å². The first-order valence-corrected chi connectivity index (χ1v) is 22.6. The van der Waals surface area contributed by atoms with Crippen LogP contribution in [-0.2, 0) is 14.1 Å². The van der Waals surface area contributed by atoms with Crippen molar-refractivity contribution in [1.29, 1.82) is 0 Å². The number of carbonyl (C=O) groups excluding carboxylic acids is 2. The fourth-order valence-corrected chi connectivity index (χ4v) is 7.85. The normalized spacial score (nSPS) is 16.0. The van der Waals surface area contributed by atoms with Crippen molar-refractivity contribution in [3.05, 3.63) is 78.0 Å². The number of benzene rings is 2. The number of carbonyl (C=O) groups is 2. The lowest BCUT2D eigenvalue weighted by Gasteiger charge is -2.40. The second-order valence-corrected chi connectivity index (χ2v) is 17.4. The lowest BCUT2D eigenvalue weighted by atomic mass is 9.93. The Labute approximate surface area is 372 Å². The second kappa shape index (κ2) is 20.1. The summed E-state index contributed by atoms with van der Waals surface area (Å²) in [6.45, 7) is 9.42. The van der Waals surface area contributed by atoms with Gasteiger partial charge in [0, 0.05) is 62.5 Å². The van der Waals surface area contributed by atoms with Gasteiger partial charge in [0.25, 0.3) is 11.8 Å². The summed E-state index contributed by atoms with van der Waals surface area (Å²) in [7, 11) is 3.70. The summed E-state index contributed by atoms with van der Waals surface area (Å²) in [5.41, 5.74) is 3.21. The molecule has 2 aliphatic heterocycles. The van der Waals surface area contributed by atoms with Crippen LogP contribution in [0.25, 0.3) is 21.8 Å². The topological polar surface area (TPSA) is 179 Å². The Hall–Kier alpha value is -5.87. The molecule has 63 heavy (non-hydrogen) atoms. The van der Waals surface area contributed by atoms with E-state index in [-0.39, 0.29) is 22.4 Å². The summed E-state index contributed by atoms with van der Waals surface area (Å²) in [6.07, 6.45) is 21.3. The Balaban J connectivity index is 0.000000148. The van der Waals surface area contributed by atoms with Crippen molar-refractivity contribution < 1.29 is 19.1 Å². The van der Waals surface area contributed by atoms with Gasteiger partial charge in [0.15, 0.2) is 0 Å². The minimum absolute atomic E-state index is 0.170. The molecule has 10 rings (SSSR count). The Kier molecular flexibility index (Phi) is 14.0. The first-order chi connectivity index (χ1) is 30.6. The van der Waals surface area contributed by atoms with Crippen molar-refractivity contribution in [3.63, 3.8) is 0 Å². The van der Waals surface area contributed by atoms with Crippen LogP contribution in [0.3, 0.4) is 0 Å². The van der Waals surface area contributed by atoms with Gasteiger partial charge in [-0.3, -0.25) is 19.0 Å². The number of halogens is 1. The molecule has 2 saturated carbocycles. The van der Waals surface area contributed by atoms with Gasteiger partial charge in [-0.25, -0.2) is 19.9 Å². The maximum absolute atomic E-state index is 12.8. The van der Waals surface area contributed by atoms with Crippen molar-refractivity contribution in [1.82, 2.24) is 44.8 Å². The zero-order valence-corrected chi connectivity index (χ0v) is 37.3. The molecular formula is C46H57ClN12O4. The van der Waals surface area contributed by atoms with Crippen LogP contribution in [-0.4, -0.2) is 90.7 Å². The van der Waals surface area contributed by atoms with E-state index in [1.807, 2.05) is 58.5 Å². The van der Waals surface area contributed by atoms with Crippen LogP contribution >= 0.6 is 11.6 Å². The molecule has 2 aliphatic carbocycles. The molecule has 0 spiro atoms. The van der Waals surface area contributed by atoms with Crippen LogP contribution in [0.4, 0.5) is 17.2 Å². The molecular weight excluding hydrogens is 820 g/mol. The van der Waals surface area contributed by atoms with Crippen molar-refractivity contribution in [3.8, 4) is 11.5 Å². The van der Waals surface area contributed by atoms with Crippen molar-refractivity contribution >= 4 is 62.4 Å². The molecule has 0 unspecified atom stereocenters. The lowest BCUT2D eigenvalue weighted by Crippen LogP contribution is -2.47.